The van der Waals surface area contributed by atoms with Crippen LogP contribution in [-0.2, 0) is 4.79 Å². The predicted molar refractivity (Wildman–Crippen MR) is 84.3 cm³/mol. The van der Waals surface area contributed by atoms with E-state index in [1.807, 2.05) is 54.6 Å². The quantitative estimate of drug-likeness (QED) is 0.941. The van der Waals surface area contributed by atoms with E-state index in [-0.39, 0.29) is 11.8 Å². The summed E-state index contributed by atoms with van der Waals surface area (Å²) >= 11 is 0. The molecule has 112 valence electrons. The molecule has 0 saturated heterocycles. The van der Waals surface area contributed by atoms with Crippen LogP contribution in [0.3, 0.4) is 0 Å². The molecule has 2 aromatic rings. The molecule has 1 heterocycles. The van der Waals surface area contributed by atoms with Crippen molar-refractivity contribution in [2.45, 2.75) is 12.5 Å². The minimum Gasteiger partial charge on any atom is -0.495 e. The molecular weight excluding hydrogens is 280 g/mol. The van der Waals surface area contributed by atoms with Crippen molar-refractivity contribution in [3.8, 4) is 5.75 Å². The smallest absolute Gasteiger partial charge is 0.352 e. The van der Waals surface area contributed by atoms with Gasteiger partial charge < -0.3 is 9.84 Å². The van der Waals surface area contributed by atoms with Gasteiger partial charge in [-0.2, -0.15) is 5.10 Å². The van der Waals surface area contributed by atoms with Gasteiger partial charge in [0, 0.05) is 6.42 Å². The van der Waals surface area contributed by atoms with Gasteiger partial charge in [-0.1, -0.05) is 42.5 Å². The fourth-order valence-corrected chi connectivity index (χ4v) is 2.62. The van der Waals surface area contributed by atoms with Crippen LogP contribution in [0.4, 0.5) is 5.69 Å². The molecule has 22 heavy (non-hydrogen) atoms. The number of para-hydroxylation sites is 2. The lowest BCUT2D eigenvalue weighted by atomic mass is 10.0. The van der Waals surface area contributed by atoms with Gasteiger partial charge in [0.15, 0.2) is 0 Å². The molecule has 0 saturated carbocycles. The highest BCUT2D eigenvalue weighted by Gasteiger charge is 2.33. The van der Waals surface area contributed by atoms with Gasteiger partial charge >= 0.3 is 5.97 Å². The van der Waals surface area contributed by atoms with Gasteiger partial charge in [-0.25, -0.2) is 4.79 Å². The van der Waals surface area contributed by atoms with Crippen LogP contribution in [0.25, 0.3) is 0 Å². The number of aliphatic carboxylic acids is 1. The number of nitrogens with zero attached hydrogens (tertiary/aromatic N) is 2. The second kappa shape index (κ2) is 5.89. The fourth-order valence-electron chi connectivity index (χ4n) is 2.62. The summed E-state index contributed by atoms with van der Waals surface area (Å²) < 4.78 is 5.38. The van der Waals surface area contributed by atoms with Crippen LogP contribution >= 0.6 is 0 Å². The molecule has 5 heteroatoms. The molecule has 3 rings (SSSR count). The van der Waals surface area contributed by atoms with E-state index in [1.165, 1.54) is 0 Å². The van der Waals surface area contributed by atoms with E-state index in [0.29, 0.717) is 12.2 Å². The lowest BCUT2D eigenvalue weighted by molar-refractivity contribution is -0.129. The monoisotopic (exact) mass is 296 g/mol. The van der Waals surface area contributed by atoms with Crippen molar-refractivity contribution in [2.24, 2.45) is 5.10 Å². The average molecular weight is 296 g/mol. The number of carbonyl (C=O) groups is 1. The zero-order valence-electron chi connectivity index (χ0n) is 12.1. The van der Waals surface area contributed by atoms with Crippen molar-refractivity contribution in [1.82, 2.24) is 0 Å². The van der Waals surface area contributed by atoms with Gasteiger partial charge in [-0.15, -0.1) is 0 Å². The lowest BCUT2D eigenvalue weighted by Gasteiger charge is -2.25. The van der Waals surface area contributed by atoms with Crippen molar-refractivity contribution in [2.75, 3.05) is 12.1 Å². The summed E-state index contributed by atoms with van der Waals surface area (Å²) in [7, 11) is 1.59. The minimum absolute atomic E-state index is 0.149. The van der Waals surface area contributed by atoms with E-state index in [9.17, 15) is 9.90 Å². The molecule has 2 aromatic carbocycles. The normalized spacial score (nSPS) is 17.2. The maximum absolute atomic E-state index is 11.3. The number of carboxylic acids is 1. The third-order valence-corrected chi connectivity index (χ3v) is 3.67. The summed E-state index contributed by atoms with van der Waals surface area (Å²) in [6.07, 6.45) is 0.359. The average Bonchev–Trinajstić information content (AvgIpc) is 3.01. The van der Waals surface area contributed by atoms with Crippen molar-refractivity contribution >= 4 is 17.4 Å². The molecule has 0 fully saturated rings. The van der Waals surface area contributed by atoms with E-state index >= 15 is 0 Å². The summed E-state index contributed by atoms with van der Waals surface area (Å²) in [6.45, 7) is 0. The highest BCUT2D eigenvalue weighted by Crippen LogP contribution is 2.39. The fraction of sp³-hybridized carbons (Fsp3) is 0.176. The molecule has 1 N–H and O–H groups in total. The minimum atomic E-state index is -0.988. The van der Waals surface area contributed by atoms with E-state index in [4.69, 9.17) is 4.74 Å². The van der Waals surface area contributed by atoms with Gasteiger partial charge in [0.1, 0.15) is 17.1 Å². The molecule has 0 aromatic heterocycles. The Labute approximate surface area is 128 Å². The van der Waals surface area contributed by atoms with Crippen LogP contribution in [0.5, 0.6) is 5.75 Å². The molecule has 1 atom stereocenters. The van der Waals surface area contributed by atoms with Gasteiger partial charge in [-0.05, 0) is 17.7 Å². The Morgan fingerprint density at radius 2 is 1.86 bits per heavy atom. The molecule has 5 nitrogen and oxygen atoms in total. The second-order valence-electron chi connectivity index (χ2n) is 5.00. The Morgan fingerprint density at radius 1 is 1.18 bits per heavy atom. The van der Waals surface area contributed by atoms with Crippen LogP contribution in [0.2, 0.25) is 0 Å². The molecule has 0 unspecified atom stereocenters. The predicted octanol–water partition coefficient (Wildman–Crippen LogP) is 3.09. The maximum atomic E-state index is 11.3. The van der Waals surface area contributed by atoms with Crippen LogP contribution in [0.15, 0.2) is 59.7 Å². The third-order valence-electron chi connectivity index (χ3n) is 3.67. The van der Waals surface area contributed by atoms with E-state index in [1.54, 1.807) is 12.1 Å². The van der Waals surface area contributed by atoms with Crippen molar-refractivity contribution in [3.05, 3.63) is 60.2 Å². The van der Waals surface area contributed by atoms with Gasteiger partial charge in [-0.3, -0.25) is 5.01 Å². The molecule has 0 bridgehead atoms. The first kappa shape index (κ1) is 14.1. The standard InChI is InChI=1S/C17H16N2O3/c1-22-16-10-6-5-9-14(16)19-15(11-13(18-19)17(20)21)12-7-3-2-4-8-12/h2-10,15H,11H2,1H3,(H,20,21)/t15-/m0/s1. The second-order valence-corrected chi connectivity index (χ2v) is 5.00. The number of ether oxygens (including phenoxy) is 1. The van der Waals surface area contributed by atoms with Crippen LogP contribution in [0, 0.1) is 0 Å². The zero-order chi connectivity index (χ0) is 15.5. The Morgan fingerprint density at radius 3 is 2.55 bits per heavy atom. The molecule has 0 radical (unpaired) electrons. The van der Waals surface area contributed by atoms with Crippen LogP contribution in [-0.4, -0.2) is 23.9 Å². The summed E-state index contributed by atoms with van der Waals surface area (Å²) in [5.41, 5.74) is 1.93. The van der Waals surface area contributed by atoms with E-state index in [2.05, 4.69) is 5.10 Å². The number of rotatable bonds is 4. The van der Waals surface area contributed by atoms with E-state index < -0.39 is 5.97 Å². The topological polar surface area (TPSA) is 62.1 Å². The number of hydrazone groups is 1. The molecule has 0 spiro atoms. The third kappa shape index (κ3) is 2.53. The lowest BCUT2D eigenvalue weighted by Crippen LogP contribution is -2.19. The van der Waals surface area contributed by atoms with Crippen molar-refractivity contribution in [1.29, 1.82) is 0 Å². The van der Waals surface area contributed by atoms with E-state index in [0.717, 1.165) is 11.3 Å². The molecule has 1 aliphatic rings. The zero-order valence-corrected chi connectivity index (χ0v) is 12.1. The summed E-state index contributed by atoms with van der Waals surface area (Å²) in [5.74, 6) is -0.322. The summed E-state index contributed by atoms with van der Waals surface area (Å²) in [4.78, 5) is 11.3. The molecule has 0 amide bonds. The molecular formula is C17H16N2O3. The maximum Gasteiger partial charge on any atom is 0.352 e. The van der Waals surface area contributed by atoms with Crippen molar-refractivity contribution < 1.29 is 14.6 Å². The largest absolute Gasteiger partial charge is 0.495 e. The number of hydrogen-bond acceptors (Lipinski definition) is 4. The number of hydrogen-bond donors (Lipinski definition) is 1. The Kier molecular flexibility index (Phi) is 3.78. The number of benzene rings is 2. The highest BCUT2D eigenvalue weighted by atomic mass is 16.5. The number of carboxylic acid groups (broad SMARTS) is 1. The van der Waals surface area contributed by atoms with Gasteiger partial charge in [0.2, 0.25) is 0 Å². The first-order valence-corrected chi connectivity index (χ1v) is 6.98. The highest BCUT2D eigenvalue weighted by molar-refractivity contribution is 6.36. The summed E-state index contributed by atoms with van der Waals surface area (Å²) in [5, 5.41) is 15.3. The Bertz CT molecular complexity index is 713. The van der Waals surface area contributed by atoms with Crippen LogP contribution < -0.4 is 9.75 Å². The van der Waals surface area contributed by atoms with Gasteiger partial charge in [0.05, 0.1) is 13.2 Å². The summed E-state index contributed by atoms with van der Waals surface area (Å²) in [6, 6.07) is 17.1. The number of anilines is 1. The van der Waals surface area contributed by atoms with Crippen molar-refractivity contribution in [3.63, 3.8) is 0 Å². The Hall–Kier alpha value is -2.82. The SMILES string of the molecule is COc1ccccc1N1N=C(C(=O)O)C[C@H]1c1ccccc1. The first-order valence-electron chi connectivity index (χ1n) is 6.98. The first-order chi connectivity index (χ1) is 10.7. The molecule has 0 aliphatic carbocycles. The Balaban J connectivity index is 2.05. The molecule has 1 aliphatic heterocycles. The van der Waals surface area contributed by atoms with Crippen LogP contribution in [0.1, 0.15) is 18.0 Å². The van der Waals surface area contributed by atoms with Gasteiger partial charge in [0.25, 0.3) is 0 Å². The number of methoxy groups -OCH3 is 1.